The molecule has 39 heavy (non-hydrogen) atoms. The Hall–Kier alpha value is -3.26. The lowest BCUT2D eigenvalue weighted by Gasteiger charge is -2.35. The standard InChI is InChI=1S/C31H39FN4O3/c1-31(2,25-9-10-25)18-28(37)23-5-3-4-22(16-23)20-35-12-14-36(15-13-35)29(38)24-8-11-27(26(32)17-24)34-30(39)33-19-21-6-7-21/h3-5,8,11,16-17,21,25H,6-7,9-10,12-15,18-20H2,1-2H3,(H2,33,34,39). The highest BCUT2D eigenvalue weighted by Gasteiger charge is 2.39. The zero-order valence-corrected chi connectivity index (χ0v) is 23.0. The Kier molecular flexibility index (Phi) is 8.03. The number of rotatable bonds is 10. The van der Waals surface area contributed by atoms with Gasteiger partial charge in [0.25, 0.3) is 5.91 Å². The fourth-order valence-corrected chi connectivity index (χ4v) is 5.39. The lowest BCUT2D eigenvalue weighted by molar-refractivity contribution is 0.0627. The molecule has 1 heterocycles. The number of hydrogen-bond donors (Lipinski definition) is 2. The number of hydrogen-bond acceptors (Lipinski definition) is 4. The first kappa shape index (κ1) is 27.3. The molecule has 2 aliphatic carbocycles. The van der Waals surface area contributed by atoms with Crippen molar-refractivity contribution in [1.29, 1.82) is 0 Å². The molecule has 208 valence electrons. The van der Waals surface area contributed by atoms with Gasteiger partial charge in [0, 0.05) is 56.8 Å². The Bertz CT molecular complexity index is 1230. The lowest BCUT2D eigenvalue weighted by atomic mass is 9.81. The fraction of sp³-hybridized carbons (Fsp3) is 0.516. The molecule has 2 aromatic carbocycles. The van der Waals surface area contributed by atoms with E-state index in [9.17, 15) is 18.8 Å². The summed E-state index contributed by atoms with van der Waals surface area (Å²) in [6, 6.07) is 11.7. The molecule has 3 fully saturated rings. The van der Waals surface area contributed by atoms with Crippen molar-refractivity contribution in [3.05, 3.63) is 65.0 Å². The maximum absolute atomic E-state index is 14.6. The zero-order chi connectivity index (χ0) is 27.6. The van der Waals surface area contributed by atoms with Crippen LogP contribution in [0.5, 0.6) is 0 Å². The van der Waals surface area contributed by atoms with Crippen LogP contribution in [-0.4, -0.2) is 60.2 Å². The van der Waals surface area contributed by atoms with E-state index >= 15 is 0 Å². The smallest absolute Gasteiger partial charge is 0.319 e. The van der Waals surface area contributed by atoms with Crippen LogP contribution in [0.25, 0.3) is 0 Å². The second-order valence-electron chi connectivity index (χ2n) is 12.1. The van der Waals surface area contributed by atoms with Gasteiger partial charge < -0.3 is 15.5 Å². The summed E-state index contributed by atoms with van der Waals surface area (Å²) < 4.78 is 14.6. The minimum Gasteiger partial charge on any atom is -0.338 e. The number of nitrogens with one attached hydrogen (secondary N) is 2. The van der Waals surface area contributed by atoms with Gasteiger partial charge in [-0.2, -0.15) is 0 Å². The van der Waals surface area contributed by atoms with E-state index in [1.165, 1.54) is 25.0 Å². The highest BCUT2D eigenvalue weighted by atomic mass is 19.1. The molecule has 0 atom stereocenters. The van der Waals surface area contributed by atoms with Gasteiger partial charge in [0.1, 0.15) is 5.82 Å². The molecule has 0 bridgehead atoms. The van der Waals surface area contributed by atoms with Gasteiger partial charge in [0.15, 0.2) is 5.78 Å². The van der Waals surface area contributed by atoms with E-state index in [0.29, 0.717) is 57.5 Å². The van der Waals surface area contributed by atoms with E-state index in [2.05, 4.69) is 29.4 Å². The average molecular weight is 535 g/mol. The number of nitrogens with zero attached hydrogens (tertiary/aromatic N) is 2. The van der Waals surface area contributed by atoms with Gasteiger partial charge in [-0.25, -0.2) is 9.18 Å². The number of urea groups is 1. The maximum Gasteiger partial charge on any atom is 0.319 e. The number of ketones is 1. The molecule has 0 spiro atoms. The summed E-state index contributed by atoms with van der Waals surface area (Å²) in [6.45, 7) is 8.18. The van der Waals surface area contributed by atoms with Gasteiger partial charge in [-0.3, -0.25) is 14.5 Å². The topological polar surface area (TPSA) is 81.8 Å². The summed E-state index contributed by atoms with van der Waals surface area (Å²) in [7, 11) is 0. The molecule has 0 radical (unpaired) electrons. The van der Waals surface area contributed by atoms with E-state index < -0.39 is 11.8 Å². The molecule has 3 aliphatic rings. The number of carbonyl (C=O) groups excluding carboxylic acids is 3. The van der Waals surface area contributed by atoms with Crippen molar-refractivity contribution >= 4 is 23.4 Å². The third-order valence-electron chi connectivity index (χ3n) is 8.33. The molecule has 0 unspecified atom stereocenters. The first-order valence-electron chi connectivity index (χ1n) is 14.2. The van der Waals surface area contributed by atoms with Crippen molar-refractivity contribution in [2.24, 2.45) is 17.3 Å². The number of carbonyl (C=O) groups is 3. The highest BCUT2D eigenvalue weighted by Crippen LogP contribution is 2.47. The Balaban J connectivity index is 1.11. The van der Waals surface area contributed by atoms with Gasteiger partial charge in [-0.05, 0) is 72.8 Å². The summed E-state index contributed by atoms with van der Waals surface area (Å²) >= 11 is 0. The average Bonchev–Trinajstić information content (AvgIpc) is 3.82. The Labute approximate surface area is 230 Å². The summed E-state index contributed by atoms with van der Waals surface area (Å²) in [5.41, 5.74) is 2.25. The van der Waals surface area contributed by atoms with Crippen molar-refractivity contribution < 1.29 is 18.8 Å². The molecule has 2 aromatic rings. The molecule has 1 aliphatic heterocycles. The largest absolute Gasteiger partial charge is 0.338 e. The van der Waals surface area contributed by atoms with Crippen LogP contribution >= 0.6 is 0 Å². The minimum atomic E-state index is -0.629. The predicted molar refractivity (Wildman–Crippen MR) is 149 cm³/mol. The molecule has 1 saturated heterocycles. The molecular weight excluding hydrogens is 495 g/mol. The van der Waals surface area contributed by atoms with Crippen molar-refractivity contribution in [3.8, 4) is 0 Å². The third-order valence-corrected chi connectivity index (χ3v) is 8.33. The van der Waals surface area contributed by atoms with Crippen molar-refractivity contribution in [2.45, 2.75) is 52.5 Å². The van der Waals surface area contributed by atoms with Gasteiger partial charge in [0.05, 0.1) is 5.69 Å². The van der Waals surface area contributed by atoms with Crippen LogP contribution in [0.15, 0.2) is 42.5 Å². The van der Waals surface area contributed by atoms with E-state index in [4.69, 9.17) is 0 Å². The Morgan fingerprint density at radius 3 is 2.36 bits per heavy atom. The molecule has 0 aromatic heterocycles. The number of halogens is 1. The second kappa shape index (κ2) is 11.5. The number of amides is 3. The van der Waals surface area contributed by atoms with E-state index in [0.717, 1.165) is 24.0 Å². The lowest BCUT2D eigenvalue weighted by Crippen LogP contribution is -2.48. The molecule has 8 heteroatoms. The van der Waals surface area contributed by atoms with Gasteiger partial charge in [-0.1, -0.05) is 32.0 Å². The number of Topliss-reactive ketones (excluding diaryl/α,β-unsaturated/α-hetero) is 1. The van der Waals surface area contributed by atoms with Crippen LogP contribution in [-0.2, 0) is 6.54 Å². The van der Waals surface area contributed by atoms with Gasteiger partial charge in [-0.15, -0.1) is 0 Å². The van der Waals surface area contributed by atoms with E-state index in [1.54, 1.807) is 11.0 Å². The SMILES string of the molecule is CC(C)(CC(=O)c1cccc(CN2CCN(C(=O)c3ccc(NC(=O)NCC4CC4)c(F)c3)CC2)c1)C1CC1. The fourth-order valence-electron chi connectivity index (χ4n) is 5.39. The van der Waals surface area contributed by atoms with Crippen molar-refractivity contribution in [1.82, 2.24) is 15.1 Å². The van der Waals surface area contributed by atoms with Gasteiger partial charge in [0.2, 0.25) is 0 Å². The number of benzene rings is 2. The first-order valence-corrected chi connectivity index (χ1v) is 14.2. The maximum atomic E-state index is 14.6. The molecule has 5 rings (SSSR count). The monoisotopic (exact) mass is 534 g/mol. The number of piperazine rings is 1. The van der Waals surface area contributed by atoms with Gasteiger partial charge >= 0.3 is 6.03 Å². The van der Waals surface area contributed by atoms with Crippen LogP contribution in [0, 0.1) is 23.1 Å². The number of anilines is 1. The Morgan fingerprint density at radius 2 is 1.69 bits per heavy atom. The highest BCUT2D eigenvalue weighted by molar-refractivity contribution is 5.97. The predicted octanol–water partition coefficient (Wildman–Crippen LogP) is 5.32. The quantitative estimate of drug-likeness (QED) is 0.404. The normalized spacial score (nSPS) is 18.1. The second-order valence-corrected chi connectivity index (χ2v) is 12.1. The third kappa shape index (κ3) is 7.24. The van der Waals surface area contributed by atoms with Crippen molar-refractivity contribution in [2.75, 3.05) is 38.0 Å². The molecular formula is C31H39FN4O3. The molecule has 2 saturated carbocycles. The summed E-state index contributed by atoms with van der Waals surface area (Å²) in [5.74, 6) is 0.555. The zero-order valence-electron chi connectivity index (χ0n) is 23.0. The Morgan fingerprint density at radius 1 is 0.949 bits per heavy atom. The van der Waals surface area contributed by atoms with Crippen LogP contribution < -0.4 is 10.6 Å². The summed E-state index contributed by atoms with van der Waals surface area (Å²) in [6.07, 6.45) is 5.27. The molecule has 3 amide bonds. The molecule has 2 N–H and O–H groups in total. The van der Waals surface area contributed by atoms with E-state index in [-0.39, 0.29) is 28.4 Å². The van der Waals surface area contributed by atoms with Crippen LogP contribution in [0.1, 0.15) is 72.2 Å². The van der Waals surface area contributed by atoms with E-state index in [1.807, 2.05) is 24.3 Å². The van der Waals surface area contributed by atoms with Crippen LogP contribution in [0.3, 0.4) is 0 Å². The summed E-state index contributed by atoms with van der Waals surface area (Å²) in [4.78, 5) is 41.9. The summed E-state index contributed by atoms with van der Waals surface area (Å²) in [5, 5.41) is 5.26. The molecule has 7 nitrogen and oxygen atoms in total. The van der Waals surface area contributed by atoms with Crippen LogP contribution in [0.4, 0.5) is 14.9 Å². The first-order chi connectivity index (χ1) is 18.7. The van der Waals surface area contributed by atoms with Crippen molar-refractivity contribution in [3.63, 3.8) is 0 Å². The minimum absolute atomic E-state index is 0.0554. The van der Waals surface area contributed by atoms with Crippen LogP contribution in [0.2, 0.25) is 0 Å².